The summed E-state index contributed by atoms with van der Waals surface area (Å²) in [6.45, 7) is 8.64. The molecule has 5 rings (SSSR count). The number of carbonyl (C=O) groups is 2. The zero-order valence-corrected chi connectivity index (χ0v) is 20.4. The van der Waals surface area contributed by atoms with Crippen molar-refractivity contribution >= 4 is 22.3 Å². The van der Waals surface area contributed by atoms with Crippen LogP contribution in [0, 0.1) is 23.2 Å². The monoisotopic (exact) mass is 453 g/mol. The minimum absolute atomic E-state index is 0.101. The zero-order valence-electron chi connectivity index (χ0n) is 20.4. The van der Waals surface area contributed by atoms with Gasteiger partial charge in [-0.1, -0.05) is 63.9 Å². The fourth-order valence-corrected chi connectivity index (χ4v) is 6.00. The number of carbonyl (C=O) groups excluding carboxylic acids is 2. The van der Waals surface area contributed by atoms with Crippen LogP contribution in [-0.4, -0.2) is 18.2 Å². The average Bonchev–Trinajstić information content (AvgIpc) is 2.74. The summed E-state index contributed by atoms with van der Waals surface area (Å²) in [6, 6.07) is 12.0. The Bertz CT molecular complexity index is 1280. The van der Waals surface area contributed by atoms with E-state index < -0.39 is 5.92 Å². The van der Waals surface area contributed by atoms with Crippen LogP contribution in [0.1, 0.15) is 64.9 Å². The summed E-state index contributed by atoms with van der Waals surface area (Å²) in [7, 11) is 0. The van der Waals surface area contributed by atoms with Crippen LogP contribution in [0.4, 0.5) is 0 Å². The summed E-state index contributed by atoms with van der Waals surface area (Å²) < 4.78 is 6.04. The Kier molecular flexibility index (Phi) is 5.20. The van der Waals surface area contributed by atoms with Gasteiger partial charge in [0.05, 0.1) is 0 Å². The average molecular weight is 454 g/mol. The van der Waals surface area contributed by atoms with Gasteiger partial charge in [-0.25, -0.2) is 0 Å². The Hall–Kier alpha value is -3.32. The van der Waals surface area contributed by atoms with Gasteiger partial charge >= 0.3 is 0 Å². The van der Waals surface area contributed by atoms with Crippen molar-refractivity contribution in [3.8, 4) is 18.1 Å². The maximum Gasteiger partial charge on any atom is 0.162 e. The lowest BCUT2D eigenvalue weighted by Crippen LogP contribution is -2.42. The highest BCUT2D eigenvalue weighted by molar-refractivity contribution is 6.08. The molecule has 0 bridgehead atoms. The van der Waals surface area contributed by atoms with Crippen LogP contribution in [0.2, 0.25) is 0 Å². The number of rotatable bonds is 3. The first kappa shape index (κ1) is 22.5. The van der Waals surface area contributed by atoms with Crippen molar-refractivity contribution in [3.05, 3.63) is 64.5 Å². The van der Waals surface area contributed by atoms with E-state index in [1.54, 1.807) is 0 Å². The highest BCUT2D eigenvalue weighted by Gasteiger charge is 2.47. The normalized spacial score (nSPS) is 21.6. The van der Waals surface area contributed by atoms with Gasteiger partial charge in [0.25, 0.3) is 0 Å². The fourth-order valence-electron chi connectivity index (χ4n) is 6.00. The molecule has 2 aliphatic carbocycles. The minimum Gasteiger partial charge on any atom is -0.481 e. The summed E-state index contributed by atoms with van der Waals surface area (Å²) in [4.78, 5) is 27.4. The van der Waals surface area contributed by atoms with Gasteiger partial charge in [-0.2, -0.15) is 0 Å². The number of terminal acetylenes is 1. The Morgan fingerprint density at radius 1 is 0.912 bits per heavy atom. The van der Waals surface area contributed by atoms with E-state index in [1.807, 2.05) is 36.4 Å². The standard InChI is InChI=1S/C30H31NO3/c1-6-13-34-24-12-11-18-9-7-8-10-19(18)25(24)28-26-20(14-29(2,3)16-22(26)32)31-21-15-30(4,5)17-23(33)27(21)28/h1,7-12,28,31H,13-17H2,2-5H3. The van der Waals surface area contributed by atoms with Crippen molar-refractivity contribution in [1.29, 1.82) is 0 Å². The lowest BCUT2D eigenvalue weighted by molar-refractivity contribution is -0.119. The second-order valence-electron chi connectivity index (χ2n) is 11.4. The molecule has 0 fully saturated rings. The number of nitrogens with one attached hydrogen (secondary N) is 1. The van der Waals surface area contributed by atoms with Crippen molar-refractivity contribution in [1.82, 2.24) is 5.32 Å². The van der Waals surface area contributed by atoms with Crippen LogP contribution in [0.25, 0.3) is 10.8 Å². The molecule has 0 amide bonds. The highest BCUT2D eigenvalue weighted by Crippen LogP contribution is 2.53. The third kappa shape index (κ3) is 3.74. The number of fused-ring (bicyclic) bond motifs is 1. The van der Waals surface area contributed by atoms with Gasteiger partial charge in [0.2, 0.25) is 0 Å². The molecule has 0 radical (unpaired) electrons. The number of hydrogen-bond donors (Lipinski definition) is 1. The molecular weight excluding hydrogens is 422 g/mol. The molecule has 0 spiro atoms. The zero-order chi connectivity index (χ0) is 24.3. The van der Waals surface area contributed by atoms with Crippen molar-refractivity contribution in [2.45, 2.75) is 59.3 Å². The minimum atomic E-state index is -0.461. The van der Waals surface area contributed by atoms with E-state index in [-0.39, 0.29) is 29.0 Å². The van der Waals surface area contributed by atoms with Gasteiger partial charge in [-0.15, -0.1) is 6.42 Å². The maximum absolute atomic E-state index is 13.7. The third-order valence-electron chi connectivity index (χ3n) is 7.25. The molecule has 1 aliphatic heterocycles. The van der Waals surface area contributed by atoms with Crippen molar-refractivity contribution in [2.75, 3.05) is 6.61 Å². The van der Waals surface area contributed by atoms with Crippen LogP contribution in [0.5, 0.6) is 5.75 Å². The van der Waals surface area contributed by atoms with E-state index in [9.17, 15) is 9.59 Å². The number of dihydropyridines is 1. The molecule has 0 unspecified atom stereocenters. The number of allylic oxidation sites excluding steroid dienone is 4. The number of ketones is 2. The molecule has 4 heteroatoms. The van der Waals surface area contributed by atoms with Crippen LogP contribution >= 0.6 is 0 Å². The van der Waals surface area contributed by atoms with E-state index in [1.165, 1.54) is 0 Å². The van der Waals surface area contributed by atoms with E-state index >= 15 is 0 Å². The maximum atomic E-state index is 13.7. The van der Waals surface area contributed by atoms with E-state index in [0.29, 0.717) is 29.7 Å². The molecule has 2 aromatic carbocycles. The summed E-state index contributed by atoms with van der Waals surface area (Å²) in [6.07, 6.45) is 7.96. The first-order valence-electron chi connectivity index (χ1n) is 12.0. The van der Waals surface area contributed by atoms with E-state index in [4.69, 9.17) is 11.2 Å². The highest BCUT2D eigenvalue weighted by atomic mass is 16.5. The Morgan fingerprint density at radius 3 is 2.09 bits per heavy atom. The van der Waals surface area contributed by atoms with Crippen LogP contribution in [-0.2, 0) is 9.59 Å². The third-order valence-corrected chi connectivity index (χ3v) is 7.25. The summed E-state index contributed by atoms with van der Waals surface area (Å²) in [5, 5.41) is 5.61. The van der Waals surface area contributed by atoms with Crippen LogP contribution in [0.3, 0.4) is 0 Å². The van der Waals surface area contributed by atoms with Gasteiger partial charge in [-0.3, -0.25) is 9.59 Å². The summed E-state index contributed by atoms with van der Waals surface area (Å²) >= 11 is 0. The number of ether oxygens (including phenoxy) is 1. The molecule has 0 saturated carbocycles. The topological polar surface area (TPSA) is 55.4 Å². The summed E-state index contributed by atoms with van der Waals surface area (Å²) in [5.74, 6) is 2.93. The first-order valence-corrected chi connectivity index (χ1v) is 12.0. The van der Waals surface area contributed by atoms with Gasteiger partial charge < -0.3 is 10.1 Å². The van der Waals surface area contributed by atoms with Crippen molar-refractivity contribution in [2.24, 2.45) is 10.8 Å². The quantitative estimate of drug-likeness (QED) is 0.595. The molecule has 1 N–H and O–H groups in total. The predicted octanol–water partition coefficient (Wildman–Crippen LogP) is 5.83. The largest absolute Gasteiger partial charge is 0.481 e. The van der Waals surface area contributed by atoms with Crippen molar-refractivity contribution < 1.29 is 14.3 Å². The summed E-state index contributed by atoms with van der Waals surface area (Å²) in [5.41, 5.74) is 3.93. The molecular formula is C30H31NO3. The molecule has 2 aromatic rings. The molecule has 0 saturated heterocycles. The molecule has 4 nitrogen and oxygen atoms in total. The van der Waals surface area contributed by atoms with Crippen molar-refractivity contribution in [3.63, 3.8) is 0 Å². The fraction of sp³-hybridized carbons (Fsp3) is 0.400. The lowest BCUT2D eigenvalue weighted by atomic mass is 9.64. The number of Topliss-reactive ketones (excluding diaryl/α,β-unsaturated/α-hetero) is 2. The number of benzene rings is 2. The molecule has 1 heterocycles. The molecule has 0 atom stereocenters. The first-order chi connectivity index (χ1) is 16.1. The molecule has 34 heavy (non-hydrogen) atoms. The van der Waals surface area contributed by atoms with Gasteiger partial charge in [0, 0.05) is 46.9 Å². The predicted molar refractivity (Wildman–Crippen MR) is 134 cm³/mol. The second-order valence-corrected chi connectivity index (χ2v) is 11.4. The Morgan fingerprint density at radius 2 is 1.50 bits per heavy atom. The van der Waals surface area contributed by atoms with E-state index in [2.05, 4.69) is 38.9 Å². The molecule has 0 aromatic heterocycles. The van der Waals surface area contributed by atoms with Gasteiger partial charge in [-0.05, 0) is 40.5 Å². The number of hydrogen-bond acceptors (Lipinski definition) is 4. The van der Waals surface area contributed by atoms with E-state index in [0.717, 1.165) is 40.6 Å². The second kappa shape index (κ2) is 7.87. The Labute approximate surface area is 201 Å². The molecule has 174 valence electrons. The SMILES string of the molecule is C#CCOc1ccc2ccccc2c1C1C2=C(CC(C)(C)CC2=O)NC2=C1C(=O)CC(C)(C)C2. The van der Waals surface area contributed by atoms with Crippen LogP contribution < -0.4 is 10.1 Å². The lowest BCUT2D eigenvalue weighted by Gasteiger charge is -2.44. The van der Waals surface area contributed by atoms with Gasteiger partial charge in [0.1, 0.15) is 12.4 Å². The molecule has 3 aliphatic rings. The smallest absolute Gasteiger partial charge is 0.162 e. The Balaban J connectivity index is 1.82. The van der Waals surface area contributed by atoms with Gasteiger partial charge in [0.15, 0.2) is 11.6 Å². The van der Waals surface area contributed by atoms with Crippen LogP contribution in [0.15, 0.2) is 58.9 Å².